The van der Waals surface area contributed by atoms with Gasteiger partial charge in [0, 0.05) is 5.02 Å². The molecule has 18 heavy (non-hydrogen) atoms. The second-order valence-corrected chi connectivity index (χ2v) is 4.17. The van der Waals surface area contributed by atoms with Crippen LogP contribution in [0, 0.1) is 0 Å². The predicted octanol–water partition coefficient (Wildman–Crippen LogP) is 2.84. The van der Waals surface area contributed by atoms with Crippen LogP contribution in [0.25, 0.3) is 0 Å². The van der Waals surface area contributed by atoms with E-state index in [1.54, 1.807) is 18.2 Å². The van der Waals surface area contributed by atoms with E-state index in [-0.39, 0.29) is 18.3 Å². The molecule has 0 aliphatic heterocycles. The van der Waals surface area contributed by atoms with Crippen LogP contribution in [0.15, 0.2) is 18.2 Å². The highest BCUT2D eigenvalue weighted by Crippen LogP contribution is 2.27. The van der Waals surface area contributed by atoms with Crippen molar-refractivity contribution in [3.8, 4) is 5.75 Å². The van der Waals surface area contributed by atoms with Gasteiger partial charge in [-0.05, 0) is 24.6 Å². The number of rotatable bonds is 5. The molecular weight excluding hydrogens is 275 g/mol. The van der Waals surface area contributed by atoms with E-state index < -0.39 is 6.04 Å². The third-order valence-electron chi connectivity index (χ3n) is 2.36. The van der Waals surface area contributed by atoms with E-state index in [9.17, 15) is 4.79 Å². The van der Waals surface area contributed by atoms with Crippen LogP contribution >= 0.6 is 24.0 Å². The zero-order valence-corrected chi connectivity index (χ0v) is 12.0. The number of hydrogen-bond acceptors (Lipinski definition) is 3. The fourth-order valence-electron chi connectivity index (χ4n) is 1.45. The molecule has 1 aromatic rings. The lowest BCUT2D eigenvalue weighted by atomic mass is 10.1. The lowest BCUT2D eigenvalue weighted by Crippen LogP contribution is -2.35. The first kappa shape index (κ1) is 17.0. The number of nitrogens with one attached hydrogen (secondary N) is 1. The molecule has 0 spiro atoms. The number of hydrogen-bond donors (Lipinski definition) is 2. The molecule has 1 rings (SSSR count). The number of carbonyl (C=O) groups excluding carboxylic acids is 1. The number of halogens is 2. The minimum absolute atomic E-state index is 0. The second kappa shape index (κ2) is 8.19. The normalized spacial score (nSPS) is 11.3. The number of nitrogens with two attached hydrogens (primary N) is 1. The van der Waals surface area contributed by atoms with Crippen LogP contribution in [0.2, 0.25) is 5.02 Å². The van der Waals surface area contributed by atoms with Gasteiger partial charge in [0.2, 0.25) is 5.91 Å². The van der Waals surface area contributed by atoms with Crippen molar-refractivity contribution in [2.75, 3.05) is 12.4 Å². The maximum atomic E-state index is 11.7. The monoisotopic (exact) mass is 292 g/mol. The zero-order valence-electron chi connectivity index (χ0n) is 10.4. The van der Waals surface area contributed by atoms with Gasteiger partial charge in [-0.15, -0.1) is 12.4 Å². The molecule has 102 valence electrons. The number of benzene rings is 1. The summed E-state index contributed by atoms with van der Waals surface area (Å²) in [5, 5.41) is 3.25. The summed E-state index contributed by atoms with van der Waals surface area (Å²) in [6, 6.07) is 4.52. The molecule has 0 aliphatic carbocycles. The zero-order chi connectivity index (χ0) is 12.8. The maximum absolute atomic E-state index is 11.7. The molecule has 0 saturated carbocycles. The van der Waals surface area contributed by atoms with Crippen LogP contribution in [0.1, 0.15) is 19.8 Å². The van der Waals surface area contributed by atoms with Crippen molar-refractivity contribution in [2.24, 2.45) is 5.73 Å². The predicted molar refractivity (Wildman–Crippen MR) is 76.8 cm³/mol. The number of anilines is 1. The van der Waals surface area contributed by atoms with Crippen molar-refractivity contribution in [3.05, 3.63) is 23.2 Å². The average molecular weight is 293 g/mol. The smallest absolute Gasteiger partial charge is 0.241 e. The van der Waals surface area contributed by atoms with Crippen LogP contribution in [-0.4, -0.2) is 19.1 Å². The molecule has 1 amide bonds. The first-order chi connectivity index (χ1) is 8.08. The van der Waals surface area contributed by atoms with Gasteiger partial charge in [-0.25, -0.2) is 0 Å². The fourth-order valence-corrected chi connectivity index (χ4v) is 1.62. The number of carbonyl (C=O) groups is 1. The average Bonchev–Trinajstić information content (AvgIpc) is 2.29. The van der Waals surface area contributed by atoms with Crippen LogP contribution in [-0.2, 0) is 4.79 Å². The molecule has 1 atom stereocenters. The molecular formula is C12H18Cl2N2O2. The number of methoxy groups -OCH3 is 1. The van der Waals surface area contributed by atoms with E-state index in [2.05, 4.69) is 5.32 Å². The molecule has 6 heteroatoms. The standard InChI is InChI=1S/C12H17ClN2O2.ClH/c1-3-4-9(14)12(16)15-10-7-8(13)5-6-11(10)17-2;/h5-7,9H,3-4,14H2,1-2H3,(H,15,16);1H. The Morgan fingerprint density at radius 1 is 1.56 bits per heavy atom. The van der Waals surface area contributed by atoms with Gasteiger partial charge in [-0.2, -0.15) is 0 Å². The highest BCUT2D eigenvalue weighted by molar-refractivity contribution is 6.31. The van der Waals surface area contributed by atoms with Gasteiger partial charge < -0.3 is 15.8 Å². The van der Waals surface area contributed by atoms with Gasteiger partial charge in [-0.1, -0.05) is 24.9 Å². The SMILES string of the molecule is CCCC(N)C(=O)Nc1cc(Cl)ccc1OC.Cl. The van der Waals surface area contributed by atoms with Crippen LogP contribution in [0.3, 0.4) is 0 Å². The molecule has 0 radical (unpaired) electrons. The molecule has 0 aliphatic rings. The summed E-state index contributed by atoms with van der Waals surface area (Å²) in [5.74, 6) is 0.332. The highest BCUT2D eigenvalue weighted by atomic mass is 35.5. The van der Waals surface area contributed by atoms with E-state index in [1.165, 1.54) is 7.11 Å². The van der Waals surface area contributed by atoms with Gasteiger partial charge in [0.1, 0.15) is 5.75 Å². The van der Waals surface area contributed by atoms with Crippen molar-refractivity contribution in [3.63, 3.8) is 0 Å². The van der Waals surface area contributed by atoms with Crippen LogP contribution < -0.4 is 15.8 Å². The Bertz CT molecular complexity index is 400. The maximum Gasteiger partial charge on any atom is 0.241 e. The highest BCUT2D eigenvalue weighted by Gasteiger charge is 2.14. The van der Waals surface area contributed by atoms with E-state index in [1.807, 2.05) is 6.92 Å². The Kier molecular flexibility index (Phi) is 7.75. The van der Waals surface area contributed by atoms with E-state index in [0.717, 1.165) is 6.42 Å². The Hall–Kier alpha value is -0.970. The van der Waals surface area contributed by atoms with Gasteiger partial charge in [0.05, 0.1) is 18.8 Å². The van der Waals surface area contributed by atoms with Gasteiger partial charge in [0.25, 0.3) is 0 Å². The summed E-state index contributed by atoms with van der Waals surface area (Å²) in [6.07, 6.45) is 1.51. The molecule has 4 nitrogen and oxygen atoms in total. The van der Waals surface area contributed by atoms with E-state index in [0.29, 0.717) is 22.9 Å². The van der Waals surface area contributed by atoms with E-state index in [4.69, 9.17) is 22.1 Å². The molecule has 0 fully saturated rings. The second-order valence-electron chi connectivity index (χ2n) is 3.73. The van der Waals surface area contributed by atoms with Crippen molar-refractivity contribution >= 4 is 35.6 Å². The molecule has 0 aromatic heterocycles. The third kappa shape index (κ3) is 4.72. The quantitative estimate of drug-likeness (QED) is 0.877. The topological polar surface area (TPSA) is 64.4 Å². The fraction of sp³-hybridized carbons (Fsp3) is 0.417. The number of amides is 1. The summed E-state index contributed by atoms with van der Waals surface area (Å²) in [7, 11) is 1.53. The van der Waals surface area contributed by atoms with Gasteiger partial charge in [0.15, 0.2) is 0 Å². The molecule has 1 aromatic carbocycles. The molecule has 0 bridgehead atoms. The molecule has 0 heterocycles. The first-order valence-electron chi connectivity index (χ1n) is 5.48. The molecule has 1 unspecified atom stereocenters. The molecule has 3 N–H and O–H groups in total. The largest absolute Gasteiger partial charge is 0.495 e. The summed E-state index contributed by atoms with van der Waals surface area (Å²) in [4.78, 5) is 11.7. The minimum Gasteiger partial charge on any atom is -0.495 e. The van der Waals surface area contributed by atoms with Gasteiger partial charge in [-0.3, -0.25) is 4.79 Å². The van der Waals surface area contributed by atoms with Crippen molar-refractivity contribution in [1.29, 1.82) is 0 Å². The van der Waals surface area contributed by atoms with Crippen molar-refractivity contribution in [1.82, 2.24) is 0 Å². The van der Waals surface area contributed by atoms with E-state index >= 15 is 0 Å². The van der Waals surface area contributed by atoms with Crippen LogP contribution in [0.5, 0.6) is 5.75 Å². The summed E-state index contributed by atoms with van der Waals surface area (Å²) >= 11 is 5.86. The lowest BCUT2D eigenvalue weighted by Gasteiger charge is -2.14. The lowest BCUT2D eigenvalue weighted by molar-refractivity contribution is -0.117. The minimum atomic E-state index is -0.510. The summed E-state index contributed by atoms with van der Waals surface area (Å²) in [6.45, 7) is 1.98. The van der Waals surface area contributed by atoms with Crippen molar-refractivity contribution in [2.45, 2.75) is 25.8 Å². The molecule has 0 saturated heterocycles. The Morgan fingerprint density at radius 3 is 2.78 bits per heavy atom. The van der Waals surface area contributed by atoms with Gasteiger partial charge >= 0.3 is 0 Å². The Morgan fingerprint density at radius 2 is 2.22 bits per heavy atom. The summed E-state index contributed by atoms with van der Waals surface area (Å²) < 4.78 is 5.13. The summed E-state index contributed by atoms with van der Waals surface area (Å²) in [5.41, 5.74) is 6.26. The number of ether oxygens (including phenoxy) is 1. The first-order valence-corrected chi connectivity index (χ1v) is 5.86. The Balaban J connectivity index is 0.00000289. The third-order valence-corrected chi connectivity index (χ3v) is 2.59. The van der Waals surface area contributed by atoms with Crippen LogP contribution in [0.4, 0.5) is 5.69 Å². The Labute approximate surface area is 118 Å². The van der Waals surface area contributed by atoms with Crippen molar-refractivity contribution < 1.29 is 9.53 Å².